The van der Waals surface area contributed by atoms with E-state index in [2.05, 4.69) is 26.2 Å². The number of aliphatic hydroxyl groups excluding tert-OH is 1. The number of Topliss-reactive ketones (excluding diaryl/α,β-unsaturated/α-hetero) is 1. The number of aliphatic hydroxyl groups is 1. The van der Waals surface area contributed by atoms with Crippen molar-refractivity contribution in [3.05, 3.63) is 68.1 Å². The van der Waals surface area contributed by atoms with Gasteiger partial charge in [-0.1, -0.05) is 39.7 Å². The Bertz CT molecular complexity index is 1190. The average molecular weight is 537 g/mol. The lowest BCUT2D eigenvalue weighted by Crippen LogP contribution is -2.46. The fourth-order valence-corrected chi connectivity index (χ4v) is 5.27. The zero-order chi connectivity index (χ0) is 22.7. The Balaban J connectivity index is 1.51. The lowest BCUT2D eigenvalue weighted by molar-refractivity contribution is -0.121. The van der Waals surface area contributed by atoms with E-state index >= 15 is 0 Å². The number of fused-ring (bicyclic) bond motifs is 1. The molecule has 9 heteroatoms. The number of benzene rings is 2. The van der Waals surface area contributed by atoms with Crippen molar-refractivity contribution in [1.29, 1.82) is 0 Å². The van der Waals surface area contributed by atoms with Crippen LogP contribution in [-0.4, -0.2) is 39.1 Å². The molecule has 3 aromatic rings. The number of nitrogens with one attached hydrogen (secondary N) is 1. The quantitative estimate of drug-likeness (QED) is 0.441. The number of nitrogens with zero attached hydrogens (tertiary/aromatic N) is 2. The first kappa shape index (κ1) is 23.4. The third-order valence-electron chi connectivity index (χ3n) is 5.53. The van der Waals surface area contributed by atoms with Crippen LogP contribution >= 0.6 is 39.3 Å². The molecule has 0 spiro atoms. The van der Waals surface area contributed by atoms with Crippen molar-refractivity contribution in [3.63, 3.8) is 0 Å². The molecular formula is C23H23BrClN3O3S. The van der Waals surface area contributed by atoms with Crippen molar-refractivity contribution >= 4 is 56.0 Å². The van der Waals surface area contributed by atoms with Crippen molar-refractivity contribution in [3.8, 4) is 0 Å². The lowest BCUT2D eigenvalue weighted by atomic mass is 9.97. The first-order valence-electron chi connectivity index (χ1n) is 10.4. The summed E-state index contributed by atoms with van der Waals surface area (Å²) in [6, 6.07) is 11.2. The average Bonchev–Trinajstić information content (AvgIpc) is 2.77. The molecule has 0 radical (unpaired) electrons. The van der Waals surface area contributed by atoms with E-state index in [9.17, 15) is 14.7 Å². The molecule has 2 N–H and O–H groups in total. The molecule has 0 bridgehead atoms. The number of piperidine rings is 1. The second kappa shape index (κ2) is 10.5. The Morgan fingerprint density at radius 1 is 1.31 bits per heavy atom. The monoisotopic (exact) mass is 535 g/mol. The van der Waals surface area contributed by atoms with Crippen molar-refractivity contribution in [1.82, 2.24) is 14.9 Å². The fourth-order valence-electron chi connectivity index (χ4n) is 3.77. The lowest BCUT2D eigenvalue weighted by Gasteiger charge is -2.28. The number of carbonyl (C=O) groups excluding carboxylic acids is 1. The molecule has 1 aliphatic heterocycles. The van der Waals surface area contributed by atoms with Gasteiger partial charge < -0.3 is 10.4 Å². The summed E-state index contributed by atoms with van der Waals surface area (Å²) >= 11 is 11.4. The van der Waals surface area contributed by atoms with Crippen molar-refractivity contribution in [2.75, 3.05) is 6.54 Å². The summed E-state index contributed by atoms with van der Waals surface area (Å²) in [6.07, 6.45) is 2.61. The standard InChI is InChI=1S/C23H23BrClN3O3S/c24-15-5-3-14(4-6-15)12-32-22-9-17-19(10-18(22)25)27-13-28(23(17)31)11-16(29)8-20-21(30)2-1-7-26-20/h3-6,9-10,13,20-21,26,30H,1-2,7-8,11-12H2/t20-,21+/m0/s1. The molecule has 4 rings (SSSR count). The molecule has 6 nitrogen and oxygen atoms in total. The van der Waals surface area contributed by atoms with Gasteiger partial charge in [0.15, 0.2) is 5.78 Å². The molecule has 0 unspecified atom stereocenters. The SMILES string of the molecule is O=C(C[C@@H]1NCCC[C@H]1O)Cn1cnc2cc(Cl)c(SCc3ccc(Br)cc3)cc2c1=O. The van der Waals surface area contributed by atoms with Crippen molar-refractivity contribution in [2.24, 2.45) is 0 Å². The second-order valence-corrected chi connectivity index (χ2v) is 10.2. The fraction of sp³-hybridized carbons (Fsp3) is 0.348. The Labute approximate surface area is 203 Å². The highest BCUT2D eigenvalue weighted by Gasteiger charge is 2.25. The number of halogens is 2. The smallest absolute Gasteiger partial charge is 0.261 e. The zero-order valence-electron chi connectivity index (χ0n) is 17.3. The zero-order valence-corrected chi connectivity index (χ0v) is 20.4. The highest BCUT2D eigenvalue weighted by atomic mass is 79.9. The third-order valence-corrected chi connectivity index (χ3v) is 7.61. The number of aromatic nitrogens is 2. The first-order chi connectivity index (χ1) is 15.4. The van der Waals surface area contributed by atoms with Crippen LogP contribution in [0.4, 0.5) is 0 Å². The Kier molecular flexibility index (Phi) is 7.68. The number of carbonyl (C=O) groups is 1. The number of thioether (sulfide) groups is 1. The van der Waals surface area contributed by atoms with Gasteiger partial charge in [0.2, 0.25) is 0 Å². The van der Waals surface area contributed by atoms with E-state index in [-0.39, 0.29) is 30.3 Å². The minimum atomic E-state index is -0.536. The normalized spacial score (nSPS) is 18.7. The van der Waals surface area contributed by atoms with Crippen LogP contribution in [0.2, 0.25) is 5.02 Å². The minimum Gasteiger partial charge on any atom is -0.391 e. The summed E-state index contributed by atoms with van der Waals surface area (Å²) in [5, 5.41) is 14.2. The van der Waals surface area contributed by atoms with Gasteiger partial charge in [0.1, 0.15) is 0 Å². The summed E-state index contributed by atoms with van der Waals surface area (Å²) in [6.45, 7) is 0.713. The summed E-state index contributed by atoms with van der Waals surface area (Å²) < 4.78 is 2.35. The van der Waals surface area contributed by atoms with Crippen LogP contribution in [0.25, 0.3) is 10.9 Å². The Hall–Kier alpha value is -1.71. The molecule has 0 aliphatic carbocycles. The van der Waals surface area contributed by atoms with Crippen LogP contribution in [0.3, 0.4) is 0 Å². The summed E-state index contributed by atoms with van der Waals surface area (Å²) in [5.41, 5.74) is 1.37. The van der Waals surface area contributed by atoms with Crippen LogP contribution in [0.5, 0.6) is 0 Å². The molecule has 168 valence electrons. The molecule has 2 atom stereocenters. The van der Waals surface area contributed by atoms with E-state index in [1.54, 1.807) is 23.9 Å². The van der Waals surface area contributed by atoms with E-state index in [0.29, 0.717) is 28.1 Å². The summed E-state index contributed by atoms with van der Waals surface area (Å²) in [5.74, 6) is 0.591. The molecule has 1 fully saturated rings. The van der Waals surface area contributed by atoms with Crippen molar-refractivity contribution < 1.29 is 9.90 Å². The minimum absolute atomic E-state index is 0.0727. The van der Waals surface area contributed by atoms with E-state index in [1.165, 1.54) is 10.9 Å². The van der Waals surface area contributed by atoms with Crippen molar-refractivity contribution in [2.45, 2.75) is 48.6 Å². The molecule has 1 saturated heterocycles. The van der Waals surface area contributed by atoms with Gasteiger partial charge in [-0.2, -0.15) is 0 Å². The molecule has 1 aliphatic rings. The van der Waals surface area contributed by atoms with Gasteiger partial charge in [-0.25, -0.2) is 4.98 Å². The maximum Gasteiger partial charge on any atom is 0.261 e. The van der Waals surface area contributed by atoms with Gasteiger partial charge in [0.25, 0.3) is 5.56 Å². The van der Waals surface area contributed by atoms with Gasteiger partial charge in [-0.05, 0) is 49.2 Å². The summed E-state index contributed by atoms with van der Waals surface area (Å²) in [7, 11) is 0. The highest BCUT2D eigenvalue weighted by Crippen LogP contribution is 2.32. The number of hydrogen-bond donors (Lipinski definition) is 2. The van der Waals surface area contributed by atoms with Crippen LogP contribution in [0.15, 0.2) is 56.9 Å². The molecule has 2 heterocycles. The van der Waals surface area contributed by atoms with E-state index in [1.807, 2.05) is 24.3 Å². The molecule has 0 amide bonds. The Morgan fingerprint density at radius 3 is 2.84 bits per heavy atom. The summed E-state index contributed by atoms with van der Waals surface area (Å²) in [4.78, 5) is 30.7. The van der Waals surface area contributed by atoms with E-state index in [4.69, 9.17) is 11.6 Å². The topological polar surface area (TPSA) is 84.2 Å². The third kappa shape index (κ3) is 5.61. The largest absolute Gasteiger partial charge is 0.391 e. The van der Waals surface area contributed by atoms with Crippen LogP contribution in [0, 0.1) is 0 Å². The maximum atomic E-state index is 13.0. The maximum absolute atomic E-state index is 13.0. The van der Waals surface area contributed by atoms with E-state index < -0.39 is 6.10 Å². The van der Waals surface area contributed by atoms with Gasteiger partial charge in [-0.3, -0.25) is 14.2 Å². The molecular weight excluding hydrogens is 514 g/mol. The molecule has 0 saturated carbocycles. The van der Waals surface area contributed by atoms with E-state index in [0.717, 1.165) is 27.9 Å². The van der Waals surface area contributed by atoms with Crippen LogP contribution in [0.1, 0.15) is 24.8 Å². The number of hydrogen-bond acceptors (Lipinski definition) is 6. The predicted molar refractivity (Wildman–Crippen MR) is 131 cm³/mol. The van der Waals surface area contributed by atoms with Crippen LogP contribution in [-0.2, 0) is 17.1 Å². The molecule has 1 aromatic heterocycles. The number of rotatable bonds is 7. The van der Waals surface area contributed by atoms with Gasteiger partial charge >= 0.3 is 0 Å². The Morgan fingerprint density at radius 2 is 2.09 bits per heavy atom. The van der Waals surface area contributed by atoms with Gasteiger partial charge in [0.05, 0.1) is 34.9 Å². The molecule has 2 aromatic carbocycles. The van der Waals surface area contributed by atoms with Gasteiger partial charge in [0, 0.05) is 27.6 Å². The molecule has 32 heavy (non-hydrogen) atoms. The number of ketones is 1. The highest BCUT2D eigenvalue weighted by molar-refractivity contribution is 9.10. The predicted octanol–water partition coefficient (Wildman–Crippen LogP) is 4.18. The first-order valence-corrected chi connectivity index (χ1v) is 12.6. The van der Waals surface area contributed by atoms with Gasteiger partial charge in [-0.15, -0.1) is 11.8 Å². The van der Waals surface area contributed by atoms with Crippen LogP contribution < -0.4 is 10.9 Å². The second-order valence-electron chi connectivity index (χ2n) is 7.91.